The molecule has 7 heteroatoms. The summed E-state index contributed by atoms with van der Waals surface area (Å²) in [4.78, 5) is 15.9. The van der Waals surface area contributed by atoms with Crippen molar-refractivity contribution in [3.8, 4) is 16.9 Å². The molecule has 0 bridgehead atoms. The van der Waals surface area contributed by atoms with Gasteiger partial charge in [-0.3, -0.25) is 9.69 Å². The van der Waals surface area contributed by atoms with E-state index >= 15 is 0 Å². The number of aryl methyl sites for hydroxylation is 1. The molecule has 1 N–H and O–H groups in total. The lowest BCUT2D eigenvalue weighted by Crippen LogP contribution is -2.52. The van der Waals surface area contributed by atoms with Crippen LogP contribution in [-0.2, 0) is 9.47 Å². The molecule has 3 heterocycles. The molecule has 3 aromatic rings. The quantitative estimate of drug-likeness (QED) is 0.586. The highest BCUT2D eigenvalue weighted by molar-refractivity contribution is 6.00. The summed E-state index contributed by atoms with van der Waals surface area (Å²) in [5.74, 6) is 0.316. The van der Waals surface area contributed by atoms with Crippen LogP contribution >= 0.6 is 0 Å². The molecule has 2 saturated heterocycles. The van der Waals surface area contributed by atoms with E-state index in [4.69, 9.17) is 14.6 Å². The summed E-state index contributed by atoms with van der Waals surface area (Å²) in [6, 6.07) is 18.3. The normalized spacial score (nSPS) is 19.7. The highest BCUT2D eigenvalue weighted by Gasteiger charge is 2.32. The molecule has 0 aliphatic carbocycles. The van der Waals surface area contributed by atoms with Crippen LogP contribution in [-0.4, -0.2) is 72.7 Å². The largest absolute Gasteiger partial charge is 0.381 e. The number of nitrogens with zero attached hydrogens (tertiary/aromatic N) is 3. The Balaban J connectivity index is 1.39. The maximum Gasteiger partial charge on any atom is 0.255 e. The minimum Gasteiger partial charge on any atom is -0.381 e. The molecule has 0 spiro atoms. The summed E-state index contributed by atoms with van der Waals surface area (Å²) < 4.78 is 13.0. The lowest BCUT2D eigenvalue weighted by molar-refractivity contribution is 0.00166. The zero-order chi connectivity index (χ0) is 23.3. The van der Waals surface area contributed by atoms with E-state index in [1.54, 1.807) is 4.68 Å². The molecule has 2 atom stereocenters. The van der Waals surface area contributed by atoms with Crippen LogP contribution in [0.15, 0.2) is 60.8 Å². The van der Waals surface area contributed by atoms with Gasteiger partial charge in [-0.25, -0.2) is 4.68 Å². The molecule has 2 fully saturated rings. The molecule has 2 unspecified atom stereocenters. The molecular weight excluding hydrogens is 428 g/mol. The maximum absolute atomic E-state index is 13.5. The summed E-state index contributed by atoms with van der Waals surface area (Å²) >= 11 is 0. The molecule has 2 aliphatic rings. The van der Waals surface area contributed by atoms with Gasteiger partial charge in [0.15, 0.2) is 0 Å². The number of carbonyl (C=O) groups is 1. The van der Waals surface area contributed by atoms with E-state index in [2.05, 4.69) is 29.3 Å². The van der Waals surface area contributed by atoms with Crippen LogP contribution in [0.2, 0.25) is 0 Å². The van der Waals surface area contributed by atoms with Crippen molar-refractivity contribution in [3.05, 3.63) is 71.9 Å². The van der Waals surface area contributed by atoms with Crippen LogP contribution in [0, 0.1) is 12.8 Å². The van der Waals surface area contributed by atoms with Gasteiger partial charge in [0.05, 0.1) is 31.1 Å². The number of benzene rings is 2. The van der Waals surface area contributed by atoms with Crippen LogP contribution in [0.25, 0.3) is 16.9 Å². The molecule has 7 nitrogen and oxygen atoms in total. The smallest absolute Gasteiger partial charge is 0.255 e. The highest BCUT2D eigenvalue weighted by atomic mass is 16.5. The number of rotatable bonds is 7. The molecule has 1 aromatic heterocycles. The lowest BCUT2D eigenvalue weighted by atomic mass is 9.96. The lowest BCUT2D eigenvalue weighted by Gasteiger charge is -2.37. The fourth-order valence-electron chi connectivity index (χ4n) is 4.83. The molecule has 5 rings (SSSR count). The van der Waals surface area contributed by atoms with Crippen molar-refractivity contribution >= 4 is 5.91 Å². The number of aromatic nitrogens is 2. The third-order valence-electron chi connectivity index (χ3n) is 6.80. The van der Waals surface area contributed by atoms with Crippen LogP contribution in [0.4, 0.5) is 0 Å². The minimum atomic E-state index is -0.102. The first kappa shape index (κ1) is 22.8. The van der Waals surface area contributed by atoms with E-state index in [0.29, 0.717) is 23.7 Å². The van der Waals surface area contributed by atoms with Crippen molar-refractivity contribution in [2.45, 2.75) is 19.4 Å². The van der Waals surface area contributed by atoms with Crippen molar-refractivity contribution < 1.29 is 14.3 Å². The number of hydrogen-bond donors (Lipinski definition) is 1. The Kier molecular flexibility index (Phi) is 7.04. The van der Waals surface area contributed by atoms with Crippen LogP contribution in [0.1, 0.15) is 22.3 Å². The van der Waals surface area contributed by atoms with E-state index in [1.165, 1.54) is 5.56 Å². The molecule has 2 aromatic carbocycles. The van der Waals surface area contributed by atoms with Crippen LogP contribution < -0.4 is 5.32 Å². The van der Waals surface area contributed by atoms with Gasteiger partial charge < -0.3 is 14.8 Å². The van der Waals surface area contributed by atoms with Crippen molar-refractivity contribution in [3.63, 3.8) is 0 Å². The Labute approximate surface area is 200 Å². The monoisotopic (exact) mass is 460 g/mol. The summed E-state index contributed by atoms with van der Waals surface area (Å²) in [6.45, 7) is 7.42. The molecule has 0 saturated carbocycles. The van der Waals surface area contributed by atoms with E-state index in [1.807, 2.05) is 48.7 Å². The molecular formula is C27H32N4O3. The Hall–Kier alpha value is -3.00. The molecule has 34 heavy (non-hydrogen) atoms. The second-order valence-corrected chi connectivity index (χ2v) is 9.09. The van der Waals surface area contributed by atoms with Crippen LogP contribution in [0.3, 0.4) is 0 Å². The Morgan fingerprint density at radius 2 is 1.82 bits per heavy atom. The SMILES string of the molecule is Cc1ccc(-n2cc(C(=O)NCC(C3CCOC3)N3CCOCC3)c(-c3ccccc3)n2)cc1. The fraction of sp³-hybridized carbons (Fsp3) is 0.407. The second kappa shape index (κ2) is 10.5. The number of morpholine rings is 1. The van der Waals surface area contributed by atoms with Crippen molar-refractivity contribution in [1.29, 1.82) is 0 Å². The van der Waals surface area contributed by atoms with Crippen molar-refractivity contribution in [1.82, 2.24) is 20.0 Å². The first-order valence-corrected chi connectivity index (χ1v) is 12.1. The van der Waals surface area contributed by atoms with Gasteiger partial charge >= 0.3 is 0 Å². The van der Waals surface area contributed by atoms with E-state index in [-0.39, 0.29) is 11.9 Å². The van der Waals surface area contributed by atoms with Gasteiger partial charge in [0.25, 0.3) is 5.91 Å². The zero-order valence-corrected chi connectivity index (χ0v) is 19.7. The van der Waals surface area contributed by atoms with Crippen LogP contribution in [0.5, 0.6) is 0 Å². The topological polar surface area (TPSA) is 68.6 Å². The number of nitrogens with one attached hydrogen (secondary N) is 1. The Morgan fingerprint density at radius 1 is 1.06 bits per heavy atom. The number of carbonyl (C=O) groups excluding carboxylic acids is 1. The summed E-state index contributed by atoms with van der Waals surface area (Å²) in [5.41, 5.74) is 4.30. The van der Waals surface area contributed by atoms with Gasteiger partial charge in [-0.2, -0.15) is 5.10 Å². The first-order valence-electron chi connectivity index (χ1n) is 12.1. The second-order valence-electron chi connectivity index (χ2n) is 9.09. The van der Waals surface area contributed by atoms with Crippen molar-refractivity contribution in [2.75, 3.05) is 46.1 Å². The van der Waals surface area contributed by atoms with Crippen molar-refractivity contribution in [2.24, 2.45) is 5.92 Å². The third-order valence-corrected chi connectivity index (χ3v) is 6.80. The first-order chi connectivity index (χ1) is 16.7. The Morgan fingerprint density at radius 3 is 2.53 bits per heavy atom. The molecule has 1 amide bonds. The third kappa shape index (κ3) is 5.06. The Bertz CT molecular complexity index is 1080. The maximum atomic E-state index is 13.5. The highest BCUT2D eigenvalue weighted by Crippen LogP contribution is 2.25. The van der Waals surface area contributed by atoms with Gasteiger partial charge in [0.2, 0.25) is 0 Å². The van der Waals surface area contributed by atoms with E-state index < -0.39 is 0 Å². The molecule has 0 radical (unpaired) electrons. The van der Waals surface area contributed by atoms with Gasteiger partial charge in [-0.15, -0.1) is 0 Å². The molecule has 2 aliphatic heterocycles. The summed E-state index contributed by atoms with van der Waals surface area (Å²) in [5, 5.41) is 8.03. The zero-order valence-electron chi connectivity index (χ0n) is 19.7. The fourth-order valence-corrected chi connectivity index (χ4v) is 4.83. The standard InChI is InChI=1S/C27H32N4O3/c1-20-7-9-23(10-8-20)31-18-24(26(29-31)21-5-3-2-4-6-21)27(32)28-17-25(22-11-14-34-19-22)30-12-15-33-16-13-30/h2-10,18,22,25H,11-17,19H2,1H3,(H,28,32). The minimum absolute atomic E-state index is 0.102. The molecule has 178 valence electrons. The van der Waals surface area contributed by atoms with E-state index in [9.17, 15) is 4.79 Å². The summed E-state index contributed by atoms with van der Waals surface area (Å²) in [6.07, 6.45) is 2.86. The van der Waals surface area contributed by atoms with Gasteiger partial charge in [-0.05, 0) is 25.5 Å². The number of amides is 1. The van der Waals surface area contributed by atoms with Gasteiger partial charge in [0, 0.05) is 50.0 Å². The predicted molar refractivity (Wildman–Crippen MR) is 131 cm³/mol. The van der Waals surface area contributed by atoms with E-state index in [0.717, 1.165) is 57.2 Å². The van der Waals surface area contributed by atoms with Gasteiger partial charge in [-0.1, -0.05) is 48.0 Å². The predicted octanol–water partition coefficient (Wildman–Crippen LogP) is 3.31. The average Bonchev–Trinajstić information content (AvgIpc) is 3.57. The van der Waals surface area contributed by atoms with Gasteiger partial charge in [0.1, 0.15) is 5.69 Å². The number of hydrogen-bond acceptors (Lipinski definition) is 5. The summed E-state index contributed by atoms with van der Waals surface area (Å²) in [7, 11) is 0. The average molecular weight is 461 g/mol. The number of ether oxygens (including phenoxy) is 2.